The molecule has 0 bridgehead atoms. The van der Waals surface area contributed by atoms with Crippen LogP contribution in [0.15, 0.2) is 18.2 Å². The van der Waals surface area contributed by atoms with Crippen molar-refractivity contribution in [1.82, 2.24) is 0 Å². The van der Waals surface area contributed by atoms with Crippen LogP contribution < -0.4 is 9.46 Å². The monoisotopic (exact) mass is 235 g/mol. The molecule has 0 aliphatic heterocycles. The van der Waals surface area contributed by atoms with Gasteiger partial charge in [0.1, 0.15) is 5.75 Å². The highest BCUT2D eigenvalue weighted by Crippen LogP contribution is 2.28. The van der Waals surface area contributed by atoms with Gasteiger partial charge in [-0.2, -0.15) is 0 Å². The lowest BCUT2D eigenvalue weighted by Crippen LogP contribution is -2.10. The second kappa shape index (κ2) is 4.06. The maximum absolute atomic E-state index is 11.0. The van der Waals surface area contributed by atoms with E-state index in [2.05, 4.69) is 4.72 Å². The Hall–Kier alpha value is -0.940. The first-order valence-electron chi connectivity index (χ1n) is 3.74. The number of halogens is 1. The lowest BCUT2D eigenvalue weighted by Gasteiger charge is -2.09. The highest BCUT2D eigenvalue weighted by atomic mass is 35.5. The van der Waals surface area contributed by atoms with E-state index in [4.69, 9.17) is 16.3 Å². The molecule has 0 spiro atoms. The zero-order chi connectivity index (χ0) is 10.8. The Labute approximate surface area is 87.9 Å². The predicted octanol–water partition coefficient (Wildman–Crippen LogP) is 1.72. The molecule has 0 radical (unpaired) electrons. The van der Waals surface area contributed by atoms with Gasteiger partial charge in [0, 0.05) is 5.02 Å². The topological polar surface area (TPSA) is 55.4 Å². The molecule has 0 fully saturated rings. The second-order valence-corrected chi connectivity index (χ2v) is 4.90. The van der Waals surface area contributed by atoms with E-state index in [1.165, 1.54) is 13.2 Å². The summed E-state index contributed by atoms with van der Waals surface area (Å²) in [5.41, 5.74) is 0.336. The van der Waals surface area contributed by atoms with Gasteiger partial charge in [0.2, 0.25) is 10.0 Å². The highest BCUT2D eigenvalue weighted by molar-refractivity contribution is 7.92. The van der Waals surface area contributed by atoms with Crippen molar-refractivity contribution in [3.63, 3.8) is 0 Å². The summed E-state index contributed by atoms with van der Waals surface area (Å²) in [5, 5.41) is 0.442. The third-order valence-electron chi connectivity index (χ3n) is 1.46. The van der Waals surface area contributed by atoms with Gasteiger partial charge in [-0.25, -0.2) is 8.42 Å². The van der Waals surface area contributed by atoms with Gasteiger partial charge < -0.3 is 4.74 Å². The molecule has 1 aromatic carbocycles. The van der Waals surface area contributed by atoms with Crippen LogP contribution in [0, 0.1) is 0 Å². The molecule has 4 nitrogen and oxygen atoms in total. The number of rotatable bonds is 3. The molecule has 6 heteroatoms. The molecule has 78 valence electrons. The van der Waals surface area contributed by atoms with Crippen LogP contribution in [-0.2, 0) is 10.0 Å². The van der Waals surface area contributed by atoms with Gasteiger partial charge in [0.25, 0.3) is 0 Å². The van der Waals surface area contributed by atoms with Gasteiger partial charge in [-0.1, -0.05) is 11.6 Å². The number of anilines is 1. The van der Waals surface area contributed by atoms with E-state index < -0.39 is 10.0 Å². The second-order valence-electron chi connectivity index (χ2n) is 2.72. The van der Waals surface area contributed by atoms with E-state index >= 15 is 0 Å². The largest absolute Gasteiger partial charge is 0.495 e. The number of hydrogen-bond donors (Lipinski definition) is 1. The lowest BCUT2D eigenvalue weighted by atomic mass is 10.3. The summed E-state index contributed by atoms with van der Waals surface area (Å²) < 4.78 is 29.2. The van der Waals surface area contributed by atoms with Gasteiger partial charge in [-0.3, -0.25) is 4.72 Å². The molecule has 0 aliphatic rings. The molecular formula is C8H10ClNO3S. The minimum Gasteiger partial charge on any atom is -0.495 e. The van der Waals surface area contributed by atoms with Crippen molar-refractivity contribution in [2.45, 2.75) is 0 Å². The van der Waals surface area contributed by atoms with Crippen LogP contribution in [0.5, 0.6) is 5.75 Å². The van der Waals surface area contributed by atoms with Gasteiger partial charge in [-0.05, 0) is 18.2 Å². The predicted molar refractivity (Wildman–Crippen MR) is 56.5 cm³/mol. The standard InChI is InChI=1S/C8H10ClNO3S/c1-13-8-4-3-6(9)5-7(8)10-14(2,11)12/h3-5,10H,1-2H3. The molecule has 0 amide bonds. The molecule has 0 unspecified atom stereocenters. The minimum absolute atomic E-state index is 0.336. The van der Waals surface area contributed by atoms with Crippen LogP contribution in [-0.4, -0.2) is 21.8 Å². The fourth-order valence-corrected chi connectivity index (χ4v) is 1.69. The first-order valence-corrected chi connectivity index (χ1v) is 6.00. The molecule has 0 saturated heterocycles. The maximum atomic E-state index is 11.0. The normalized spacial score (nSPS) is 11.1. The fraction of sp³-hybridized carbons (Fsp3) is 0.250. The number of methoxy groups -OCH3 is 1. The quantitative estimate of drug-likeness (QED) is 0.868. The van der Waals surface area contributed by atoms with Gasteiger partial charge >= 0.3 is 0 Å². The maximum Gasteiger partial charge on any atom is 0.229 e. The Balaban J connectivity index is 3.11. The van der Waals surface area contributed by atoms with Gasteiger partial charge in [0.05, 0.1) is 19.1 Å². The molecule has 0 saturated carbocycles. The first-order chi connectivity index (χ1) is 6.42. The zero-order valence-corrected chi connectivity index (χ0v) is 9.32. The Kier molecular flexibility index (Phi) is 3.23. The van der Waals surface area contributed by atoms with Crippen LogP contribution in [0.3, 0.4) is 0 Å². The summed E-state index contributed by atoms with van der Waals surface area (Å²) >= 11 is 5.71. The minimum atomic E-state index is -3.32. The van der Waals surface area contributed by atoms with Crippen molar-refractivity contribution in [3.8, 4) is 5.75 Å². The Morgan fingerprint density at radius 1 is 1.43 bits per heavy atom. The summed E-state index contributed by atoms with van der Waals surface area (Å²) in [7, 11) is -1.86. The van der Waals surface area contributed by atoms with Crippen LogP contribution in [0.2, 0.25) is 5.02 Å². The third-order valence-corrected chi connectivity index (χ3v) is 2.28. The lowest BCUT2D eigenvalue weighted by molar-refractivity contribution is 0.417. The van der Waals surface area contributed by atoms with Crippen molar-refractivity contribution in [2.75, 3.05) is 18.1 Å². The fourth-order valence-electron chi connectivity index (χ4n) is 0.960. The average Bonchev–Trinajstić information content (AvgIpc) is 2.01. The van der Waals surface area contributed by atoms with E-state index in [0.29, 0.717) is 16.5 Å². The smallest absolute Gasteiger partial charge is 0.229 e. The van der Waals surface area contributed by atoms with E-state index in [0.717, 1.165) is 6.26 Å². The zero-order valence-electron chi connectivity index (χ0n) is 7.74. The molecule has 0 heterocycles. The summed E-state index contributed by atoms with van der Waals surface area (Å²) in [6, 6.07) is 4.70. The first kappa shape index (κ1) is 11.1. The Bertz CT molecular complexity index is 430. The van der Waals surface area contributed by atoms with E-state index in [1.807, 2.05) is 0 Å². The van der Waals surface area contributed by atoms with Crippen molar-refractivity contribution in [1.29, 1.82) is 0 Å². The summed E-state index contributed by atoms with van der Waals surface area (Å²) in [4.78, 5) is 0. The third kappa shape index (κ3) is 3.08. The van der Waals surface area contributed by atoms with Crippen LogP contribution in [0.4, 0.5) is 5.69 Å². The number of sulfonamides is 1. The van der Waals surface area contributed by atoms with E-state index in [-0.39, 0.29) is 0 Å². The molecule has 1 aromatic rings. The van der Waals surface area contributed by atoms with Crippen molar-refractivity contribution < 1.29 is 13.2 Å². The highest BCUT2D eigenvalue weighted by Gasteiger charge is 2.08. The molecule has 1 N–H and O–H groups in total. The van der Waals surface area contributed by atoms with Crippen molar-refractivity contribution in [3.05, 3.63) is 23.2 Å². The number of benzene rings is 1. The molecule has 0 aromatic heterocycles. The van der Waals surface area contributed by atoms with Crippen LogP contribution >= 0.6 is 11.6 Å². The molecular weight excluding hydrogens is 226 g/mol. The number of hydrogen-bond acceptors (Lipinski definition) is 3. The average molecular weight is 236 g/mol. The van der Waals surface area contributed by atoms with Crippen LogP contribution in [0.1, 0.15) is 0 Å². The van der Waals surface area contributed by atoms with Gasteiger partial charge in [0.15, 0.2) is 0 Å². The molecule has 0 aliphatic carbocycles. The van der Waals surface area contributed by atoms with Crippen molar-refractivity contribution in [2.24, 2.45) is 0 Å². The SMILES string of the molecule is COc1ccc(Cl)cc1NS(C)(=O)=O. The Morgan fingerprint density at radius 3 is 2.57 bits per heavy atom. The van der Waals surface area contributed by atoms with Crippen LogP contribution in [0.25, 0.3) is 0 Å². The Morgan fingerprint density at radius 2 is 2.07 bits per heavy atom. The molecule has 14 heavy (non-hydrogen) atoms. The molecule has 0 atom stereocenters. The van der Waals surface area contributed by atoms with Gasteiger partial charge in [-0.15, -0.1) is 0 Å². The summed E-state index contributed by atoms with van der Waals surface area (Å²) in [6.07, 6.45) is 1.06. The summed E-state index contributed by atoms with van der Waals surface area (Å²) in [5.74, 6) is 0.430. The number of ether oxygens (including phenoxy) is 1. The van der Waals surface area contributed by atoms with E-state index in [9.17, 15) is 8.42 Å². The number of nitrogens with one attached hydrogen (secondary N) is 1. The molecule has 1 rings (SSSR count). The van der Waals surface area contributed by atoms with E-state index in [1.54, 1.807) is 12.1 Å². The van der Waals surface area contributed by atoms with Crippen molar-refractivity contribution >= 4 is 27.3 Å². The summed E-state index contributed by atoms with van der Waals surface area (Å²) in [6.45, 7) is 0.